The molecule has 1 aromatic carbocycles. The maximum absolute atomic E-state index is 11.1. The number of hydrogen-bond acceptors (Lipinski definition) is 4. The molecule has 0 fully saturated rings. The lowest BCUT2D eigenvalue weighted by Crippen LogP contribution is -2.14. The van der Waals surface area contributed by atoms with Crippen LogP contribution in [0.15, 0.2) is 23.1 Å². The third-order valence-electron chi connectivity index (χ3n) is 1.93. The van der Waals surface area contributed by atoms with Crippen molar-refractivity contribution in [1.82, 2.24) is 0 Å². The van der Waals surface area contributed by atoms with Gasteiger partial charge in [0.1, 0.15) is 0 Å². The average molecular weight is 254 g/mol. The Morgan fingerprint density at radius 2 is 2.18 bits per heavy atom. The largest absolute Gasteiger partial charge is 0.478 e. The van der Waals surface area contributed by atoms with Crippen LogP contribution in [0.4, 0.5) is 5.69 Å². The highest BCUT2D eigenvalue weighted by molar-refractivity contribution is 7.89. The molecule has 0 aliphatic carbocycles. The average Bonchev–Trinajstić information content (AvgIpc) is 2.24. The van der Waals surface area contributed by atoms with Gasteiger partial charge in [-0.1, -0.05) is 5.92 Å². The maximum Gasteiger partial charge on any atom is 0.337 e. The molecule has 1 rings (SSSR count). The predicted octanol–water partition coefficient (Wildman–Crippen LogP) is 0.0773. The van der Waals surface area contributed by atoms with Crippen LogP contribution >= 0.6 is 0 Å². The van der Waals surface area contributed by atoms with Gasteiger partial charge in [0.05, 0.1) is 17.0 Å². The van der Waals surface area contributed by atoms with Gasteiger partial charge in [-0.2, -0.15) is 0 Å². The zero-order valence-electron chi connectivity index (χ0n) is 8.67. The zero-order chi connectivity index (χ0) is 13.1. The van der Waals surface area contributed by atoms with E-state index in [2.05, 4.69) is 11.2 Å². The highest BCUT2D eigenvalue weighted by atomic mass is 32.2. The number of carboxylic acids is 1. The Labute approximate surface area is 98.5 Å². The van der Waals surface area contributed by atoms with E-state index in [0.717, 1.165) is 6.07 Å². The van der Waals surface area contributed by atoms with E-state index in [9.17, 15) is 13.2 Å². The number of primary sulfonamides is 1. The van der Waals surface area contributed by atoms with E-state index in [1.165, 1.54) is 12.1 Å². The fourth-order valence-corrected chi connectivity index (χ4v) is 1.72. The number of rotatable bonds is 4. The fraction of sp³-hybridized carbons (Fsp3) is 0.100. The molecule has 0 saturated heterocycles. The SMILES string of the molecule is C#CCNc1ccc(S(N)(=O)=O)cc1C(=O)O. The first-order valence-electron chi connectivity index (χ1n) is 4.43. The minimum absolute atomic E-state index is 0.134. The Balaban J connectivity index is 3.28. The van der Waals surface area contributed by atoms with Crippen LogP contribution in [-0.4, -0.2) is 26.0 Å². The number of carboxylic acid groups (broad SMARTS) is 1. The van der Waals surface area contributed by atoms with Crippen LogP contribution in [0.5, 0.6) is 0 Å². The molecule has 17 heavy (non-hydrogen) atoms. The number of carbonyl (C=O) groups is 1. The first kappa shape index (κ1) is 13.0. The molecular weight excluding hydrogens is 244 g/mol. The molecule has 1 aromatic rings. The van der Waals surface area contributed by atoms with Gasteiger partial charge in [0.25, 0.3) is 0 Å². The summed E-state index contributed by atoms with van der Waals surface area (Å²) in [5.41, 5.74) is 0.0367. The summed E-state index contributed by atoms with van der Waals surface area (Å²) in [5, 5.41) is 16.5. The van der Waals surface area contributed by atoms with Crippen LogP contribution in [-0.2, 0) is 10.0 Å². The van der Waals surface area contributed by atoms with E-state index in [4.69, 9.17) is 16.7 Å². The van der Waals surface area contributed by atoms with Gasteiger partial charge in [-0.3, -0.25) is 0 Å². The standard InChI is InChI=1S/C10H10N2O4S/c1-2-5-12-9-4-3-7(17(11,15)16)6-8(9)10(13)14/h1,3-4,6,12H,5H2,(H,13,14)(H2,11,15,16). The molecule has 0 amide bonds. The summed E-state index contributed by atoms with van der Waals surface area (Å²) in [4.78, 5) is 10.7. The molecule has 90 valence electrons. The van der Waals surface area contributed by atoms with E-state index >= 15 is 0 Å². The number of nitrogens with one attached hydrogen (secondary N) is 1. The molecule has 7 heteroatoms. The molecule has 0 spiro atoms. The number of hydrogen-bond donors (Lipinski definition) is 3. The summed E-state index contributed by atoms with van der Waals surface area (Å²) in [6, 6.07) is 3.50. The van der Waals surface area contributed by atoms with Crippen LogP contribution in [0.1, 0.15) is 10.4 Å². The van der Waals surface area contributed by atoms with Crippen molar-refractivity contribution in [2.75, 3.05) is 11.9 Å². The van der Waals surface area contributed by atoms with Crippen molar-refractivity contribution in [3.8, 4) is 12.3 Å². The summed E-state index contributed by atoms with van der Waals surface area (Å²) >= 11 is 0. The van der Waals surface area contributed by atoms with Crippen LogP contribution < -0.4 is 10.5 Å². The molecule has 0 aliphatic rings. The summed E-state index contributed by atoms with van der Waals surface area (Å²) in [5.74, 6) is 1.01. The van der Waals surface area contributed by atoms with Crippen molar-refractivity contribution in [3.63, 3.8) is 0 Å². The third-order valence-corrected chi connectivity index (χ3v) is 2.84. The molecule has 0 heterocycles. The second kappa shape index (κ2) is 4.86. The Bertz CT molecular complexity index is 587. The van der Waals surface area contributed by atoms with Gasteiger partial charge in [0, 0.05) is 5.69 Å². The molecule has 4 N–H and O–H groups in total. The second-order valence-corrected chi connectivity index (χ2v) is 4.68. The van der Waals surface area contributed by atoms with Gasteiger partial charge in [-0.25, -0.2) is 18.4 Å². The third kappa shape index (κ3) is 3.21. The van der Waals surface area contributed by atoms with Crippen LogP contribution in [0.2, 0.25) is 0 Å². The quantitative estimate of drug-likeness (QED) is 0.659. The first-order valence-corrected chi connectivity index (χ1v) is 5.98. The minimum Gasteiger partial charge on any atom is -0.478 e. The maximum atomic E-state index is 11.1. The Hall–Kier alpha value is -2.04. The smallest absolute Gasteiger partial charge is 0.337 e. The van der Waals surface area contributed by atoms with Gasteiger partial charge in [0.15, 0.2) is 0 Å². The summed E-state index contributed by atoms with van der Waals surface area (Å²) in [6.07, 6.45) is 5.03. The van der Waals surface area contributed by atoms with Crippen LogP contribution in [0.25, 0.3) is 0 Å². The number of sulfonamides is 1. The van der Waals surface area contributed by atoms with Gasteiger partial charge in [-0.05, 0) is 18.2 Å². The fourth-order valence-electron chi connectivity index (χ4n) is 1.18. The molecule has 0 saturated carbocycles. The van der Waals surface area contributed by atoms with E-state index < -0.39 is 16.0 Å². The van der Waals surface area contributed by atoms with Gasteiger partial charge in [-0.15, -0.1) is 6.42 Å². The molecule has 0 bridgehead atoms. The van der Waals surface area contributed by atoms with Gasteiger partial charge >= 0.3 is 5.97 Å². The van der Waals surface area contributed by atoms with E-state index in [1.807, 2.05) is 0 Å². The summed E-state index contributed by atoms with van der Waals surface area (Å²) in [7, 11) is -3.93. The number of anilines is 1. The van der Waals surface area contributed by atoms with Crippen molar-refractivity contribution < 1.29 is 18.3 Å². The number of benzene rings is 1. The number of aromatic carboxylic acids is 1. The Morgan fingerprint density at radius 1 is 1.53 bits per heavy atom. The Morgan fingerprint density at radius 3 is 2.65 bits per heavy atom. The lowest BCUT2D eigenvalue weighted by Gasteiger charge is -2.08. The summed E-state index contributed by atoms with van der Waals surface area (Å²) in [6.45, 7) is 0.134. The lowest BCUT2D eigenvalue weighted by atomic mass is 10.2. The topological polar surface area (TPSA) is 109 Å². The van der Waals surface area contributed by atoms with E-state index in [-0.39, 0.29) is 22.7 Å². The first-order chi connectivity index (χ1) is 7.86. The molecule has 0 unspecified atom stereocenters. The number of nitrogens with two attached hydrogens (primary N) is 1. The minimum atomic E-state index is -3.93. The molecular formula is C10H10N2O4S. The lowest BCUT2D eigenvalue weighted by molar-refractivity contribution is 0.0697. The monoisotopic (exact) mass is 254 g/mol. The molecule has 0 aliphatic heterocycles. The van der Waals surface area contributed by atoms with E-state index in [1.54, 1.807) is 0 Å². The van der Waals surface area contributed by atoms with Crippen LogP contribution in [0.3, 0.4) is 0 Å². The number of terminal acetylenes is 1. The second-order valence-electron chi connectivity index (χ2n) is 3.12. The summed E-state index contributed by atoms with van der Waals surface area (Å²) < 4.78 is 22.1. The highest BCUT2D eigenvalue weighted by Gasteiger charge is 2.15. The van der Waals surface area contributed by atoms with Crippen LogP contribution in [0, 0.1) is 12.3 Å². The van der Waals surface area contributed by atoms with E-state index in [0.29, 0.717) is 0 Å². The molecule has 0 atom stereocenters. The van der Waals surface area contributed by atoms with Crippen molar-refractivity contribution in [1.29, 1.82) is 0 Å². The zero-order valence-corrected chi connectivity index (χ0v) is 9.49. The van der Waals surface area contributed by atoms with Gasteiger partial charge < -0.3 is 10.4 Å². The predicted molar refractivity (Wildman–Crippen MR) is 62.1 cm³/mol. The normalized spacial score (nSPS) is 10.6. The van der Waals surface area contributed by atoms with Crippen molar-refractivity contribution in [2.24, 2.45) is 5.14 Å². The molecule has 6 nitrogen and oxygen atoms in total. The van der Waals surface area contributed by atoms with Crippen molar-refractivity contribution >= 4 is 21.7 Å². The van der Waals surface area contributed by atoms with Crippen molar-refractivity contribution in [2.45, 2.75) is 4.90 Å². The van der Waals surface area contributed by atoms with Crippen molar-refractivity contribution in [3.05, 3.63) is 23.8 Å². The molecule has 0 aromatic heterocycles. The Kier molecular flexibility index (Phi) is 3.73. The van der Waals surface area contributed by atoms with Gasteiger partial charge in [0.2, 0.25) is 10.0 Å². The highest BCUT2D eigenvalue weighted by Crippen LogP contribution is 2.19. The molecule has 0 radical (unpaired) electrons.